The first-order valence-corrected chi connectivity index (χ1v) is 13.9. The van der Waals surface area contributed by atoms with Crippen molar-refractivity contribution in [3.63, 3.8) is 0 Å². The number of aromatic nitrogens is 1. The summed E-state index contributed by atoms with van der Waals surface area (Å²) in [5.41, 5.74) is 1.91. The maximum Gasteiger partial charge on any atom is 0.243 e. The quantitative estimate of drug-likeness (QED) is 0.480. The van der Waals surface area contributed by atoms with E-state index in [0.29, 0.717) is 54.5 Å². The lowest BCUT2D eigenvalue weighted by atomic mass is 10.0. The Hall–Kier alpha value is -3.06. The van der Waals surface area contributed by atoms with Crippen LogP contribution in [0, 0.1) is 17.2 Å². The molecular weight excluding hydrogens is 498 g/mol. The van der Waals surface area contributed by atoms with Crippen molar-refractivity contribution in [2.75, 3.05) is 49.1 Å². The molecule has 0 atom stereocenters. The van der Waals surface area contributed by atoms with Crippen LogP contribution in [0.2, 0.25) is 5.02 Å². The van der Waals surface area contributed by atoms with Crippen LogP contribution in [0.4, 0.5) is 11.6 Å². The van der Waals surface area contributed by atoms with Gasteiger partial charge in [0.2, 0.25) is 27.5 Å². The number of halogens is 1. The Morgan fingerprint density at radius 2 is 1.67 bits per heavy atom. The molecule has 0 N–H and O–H groups in total. The van der Waals surface area contributed by atoms with Crippen LogP contribution in [-0.4, -0.2) is 57.0 Å². The Morgan fingerprint density at radius 1 is 1.00 bits per heavy atom. The molecule has 0 radical (unpaired) electrons. The molecule has 0 spiro atoms. The first-order chi connectivity index (χ1) is 17.3. The molecule has 0 bridgehead atoms. The smallest absolute Gasteiger partial charge is 0.243 e. The number of anilines is 2. The van der Waals surface area contributed by atoms with E-state index in [1.165, 1.54) is 0 Å². The minimum absolute atomic E-state index is 0.223. The van der Waals surface area contributed by atoms with Crippen LogP contribution in [-0.2, 0) is 10.0 Å². The number of hydrogen-bond donors (Lipinski definition) is 0. The van der Waals surface area contributed by atoms with Gasteiger partial charge >= 0.3 is 0 Å². The zero-order valence-electron chi connectivity index (χ0n) is 20.1. The molecule has 3 aromatic rings. The van der Waals surface area contributed by atoms with Gasteiger partial charge in [-0.3, -0.25) is 0 Å². The minimum atomic E-state index is -3.53. The van der Waals surface area contributed by atoms with E-state index < -0.39 is 10.0 Å². The van der Waals surface area contributed by atoms with Crippen LogP contribution in [0.15, 0.2) is 57.8 Å². The zero-order valence-corrected chi connectivity index (χ0v) is 21.7. The van der Waals surface area contributed by atoms with Crippen molar-refractivity contribution >= 4 is 33.2 Å². The predicted octanol–water partition coefficient (Wildman–Crippen LogP) is 4.61. The van der Waals surface area contributed by atoms with E-state index in [1.54, 1.807) is 28.6 Å². The summed E-state index contributed by atoms with van der Waals surface area (Å²) in [6.07, 6.45) is 1.75. The van der Waals surface area contributed by atoms with E-state index in [2.05, 4.69) is 22.9 Å². The average molecular weight is 526 g/mol. The number of piperidine rings is 1. The normalized spacial score (nSPS) is 17.8. The largest absolute Gasteiger partial charge is 0.419 e. The number of nitrogens with zero attached hydrogens (tertiary/aromatic N) is 5. The number of sulfonamides is 1. The fourth-order valence-corrected chi connectivity index (χ4v) is 6.36. The summed E-state index contributed by atoms with van der Waals surface area (Å²) in [5, 5.41) is 10.4. The third-order valence-corrected chi connectivity index (χ3v) is 9.09. The molecule has 188 valence electrons. The van der Waals surface area contributed by atoms with Crippen LogP contribution in [0.3, 0.4) is 0 Å². The average Bonchev–Trinajstić information content (AvgIpc) is 3.34. The van der Waals surface area contributed by atoms with Gasteiger partial charge in [-0.25, -0.2) is 8.42 Å². The maximum atomic E-state index is 13.0. The van der Waals surface area contributed by atoms with Crippen molar-refractivity contribution < 1.29 is 12.8 Å². The van der Waals surface area contributed by atoms with Crippen molar-refractivity contribution in [2.24, 2.45) is 5.92 Å². The zero-order chi connectivity index (χ0) is 25.3. The molecule has 1 aromatic heterocycles. The molecule has 5 rings (SSSR count). The summed E-state index contributed by atoms with van der Waals surface area (Å²) >= 11 is 6.14. The lowest BCUT2D eigenvalue weighted by Gasteiger charge is -2.35. The molecule has 2 aliphatic heterocycles. The van der Waals surface area contributed by atoms with Crippen molar-refractivity contribution in [1.29, 1.82) is 5.26 Å². The summed E-state index contributed by atoms with van der Waals surface area (Å²) in [4.78, 5) is 8.91. The highest BCUT2D eigenvalue weighted by Gasteiger charge is 2.29. The Balaban J connectivity index is 1.30. The molecule has 2 aromatic carbocycles. The third-order valence-electron chi connectivity index (χ3n) is 6.94. The first-order valence-electron chi connectivity index (χ1n) is 12.1. The molecule has 0 aliphatic carbocycles. The fourth-order valence-electron chi connectivity index (χ4n) is 4.71. The van der Waals surface area contributed by atoms with E-state index in [-0.39, 0.29) is 10.6 Å². The number of benzene rings is 2. The highest BCUT2D eigenvalue weighted by molar-refractivity contribution is 7.89. The van der Waals surface area contributed by atoms with Gasteiger partial charge in [0.1, 0.15) is 6.07 Å². The Kier molecular flexibility index (Phi) is 6.93. The van der Waals surface area contributed by atoms with Gasteiger partial charge in [0.05, 0.1) is 4.90 Å². The Labute approximate surface area is 216 Å². The molecule has 36 heavy (non-hydrogen) atoms. The number of nitriles is 1. The number of oxazole rings is 1. The van der Waals surface area contributed by atoms with E-state index in [0.717, 1.165) is 31.6 Å². The van der Waals surface area contributed by atoms with Gasteiger partial charge in [-0.1, -0.05) is 24.6 Å². The molecule has 2 aliphatic rings. The summed E-state index contributed by atoms with van der Waals surface area (Å²) in [5.74, 6) is 1.29. The number of hydrogen-bond acceptors (Lipinski definition) is 7. The maximum absolute atomic E-state index is 13.0. The first kappa shape index (κ1) is 24.6. The van der Waals surface area contributed by atoms with Gasteiger partial charge in [-0.2, -0.15) is 14.6 Å². The second-order valence-electron chi connectivity index (χ2n) is 9.35. The number of rotatable bonds is 5. The standard InChI is InChI=1S/C26H28ClN5O3S/c1-19-9-11-32(12-10-19)36(33,34)23-7-5-20(6-8-23)25-29-24(18-28)26(35-25)31-15-13-30(14-16-31)22-4-2-3-21(27)17-22/h2-8,17,19H,9-16H2,1H3. The molecule has 3 heterocycles. The Bertz CT molecular complexity index is 1370. The van der Waals surface area contributed by atoms with Gasteiger partial charge in [-0.05, 0) is 61.2 Å². The fraction of sp³-hybridized carbons (Fsp3) is 0.385. The summed E-state index contributed by atoms with van der Waals surface area (Å²) in [7, 11) is -3.53. The highest BCUT2D eigenvalue weighted by atomic mass is 35.5. The summed E-state index contributed by atoms with van der Waals surface area (Å²) in [6.45, 7) is 6.09. The SMILES string of the molecule is CC1CCN(S(=O)(=O)c2ccc(-c3nc(C#N)c(N4CCN(c5cccc(Cl)c5)CC4)o3)cc2)CC1. The lowest BCUT2D eigenvalue weighted by molar-refractivity contribution is 0.288. The molecular formula is C26H28ClN5O3S. The lowest BCUT2D eigenvalue weighted by Crippen LogP contribution is -2.46. The van der Waals surface area contributed by atoms with Gasteiger partial charge in [0.25, 0.3) is 0 Å². The van der Waals surface area contributed by atoms with E-state index in [9.17, 15) is 13.7 Å². The van der Waals surface area contributed by atoms with E-state index in [1.807, 2.05) is 29.2 Å². The third kappa shape index (κ3) is 4.94. The van der Waals surface area contributed by atoms with Crippen molar-refractivity contribution in [1.82, 2.24) is 9.29 Å². The Morgan fingerprint density at radius 3 is 2.31 bits per heavy atom. The molecule has 0 unspecified atom stereocenters. The van der Waals surface area contributed by atoms with Crippen molar-refractivity contribution in [3.05, 3.63) is 59.2 Å². The van der Waals surface area contributed by atoms with Gasteiger partial charge in [0, 0.05) is 55.5 Å². The van der Waals surface area contributed by atoms with E-state index in [4.69, 9.17) is 16.0 Å². The predicted molar refractivity (Wildman–Crippen MR) is 140 cm³/mol. The van der Waals surface area contributed by atoms with Crippen LogP contribution in [0.1, 0.15) is 25.5 Å². The molecule has 0 amide bonds. The van der Waals surface area contributed by atoms with E-state index >= 15 is 0 Å². The summed E-state index contributed by atoms with van der Waals surface area (Å²) < 4.78 is 33.6. The van der Waals surface area contributed by atoms with Crippen LogP contribution < -0.4 is 9.80 Å². The summed E-state index contributed by atoms with van der Waals surface area (Å²) in [6, 6.07) is 16.4. The van der Waals surface area contributed by atoms with Gasteiger partial charge in [0.15, 0.2) is 0 Å². The highest BCUT2D eigenvalue weighted by Crippen LogP contribution is 2.31. The topological polar surface area (TPSA) is 93.7 Å². The van der Waals surface area contributed by atoms with Gasteiger partial charge < -0.3 is 14.2 Å². The molecule has 2 saturated heterocycles. The van der Waals surface area contributed by atoms with Crippen LogP contribution >= 0.6 is 11.6 Å². The van der Waals surface area contributed by atoms with Crippen molar-refractivity contribution in [3.8, 4) is 17.5 Å². The number of piperazine rings is 1. The van der Waals surface area contributed by atoms with Crippen molar-refractivity contribution in [2.45, 2.75) is 24.7 Å². The molecule has 2 fully saturated rings. The molecule has 8 nitrogen and oxygen atoms in total. The molecule has 10 heteroatoms. The molecule has 0 saturated carbocycles. The van der Waals surface area contributed by atoms with Crippen LogP contribution in [0.5, 0.6) is 0 Å². The minimum Gasteiger partial charge on any atom is -0.419 e. The second kappa shape index (κ2) is 10.1. The monoisotopic (exact) mass is 525 g/mol. The second-order valence-corrected chi connectivity index (χ2v) is 11.7. The van der Waals surface area contributed by atoms with Gasteiger partial charge in [-0.15, -0.1) is 0 Å². The van der Waals surface area contributed by atoms with Crippen LogP contribution in [0.25, 0.3) is 11.5 Å².